The SMILES string of the molecule is CCOC12C(=O)c3ccccc3N1C(=O)CC[C@@]2(CC)CCCNC(C)=O. The number of benzene rings is 1. The summed E-state index contributed by atoms with van der Waals surface area (Å²) in [4.78, 5) is 39.4. The summed E-state index contributed by atoms with van der Waals surface area (Å²) in [6.45, 7) is 6.31. The van der Waals surface area contributed by atoms with Crippen molar-refractivity contribution in [2.45, 2.75) is 58.6 Å². The summed E-state index contributed by atoms with van der Waals surface area (Å²) >= 11 is 0. The third-order valence-corrected chi connectivity index (χ3v) is 6.03. The molecule has 6 heteroatoms. The molecule has 2 amide bonds. The van der Waals surface area contributed by atoms with Crippen LogP contribution in [0.5, 0.6) is 0 Å². The number of para-hydroxylation sites is 1. The van der Waals surface area contributed by atoms with Gasteiger partial charge in [-0.3, -0.25) is 19.3 Å². The Morgan fingerprint density at radius 1 is 1.26 bits per heavy atom. The second-order valence-electron chi connectivity index (χ2n) is 7.37. The first-order valence-electron chi connectivity index (χ1n) is 9.79. The van der Waals surface area contributed by atoms with Crippen molar-refractivity contribution in [1.82, 2.24) is 5.32 Å². The maximum Gasteiger partial charge on any atom is 0.229 e. The summed E-state index contributed by atoms with van der Waals surface area (Å²) in [7, 11) is 0. The molecule has 1 aromatic carbocycles. The molecule has 2 heterocycles. The molecule has 0 saturated carbocycles. The highest BCUT2D eigenvalue weighted by molar-refractivity contribution is 6.20. The molecular formula is C21H28N2O4. The van der Waals surface area contributed by atoms with Gasteiger partial charge in [-0.1, -0.05) is 19.1 Å². The smallest absolute Gasteiger partial charge is 0.229 e. The van der Waals surface area contributed by atoms with Crippen molar-refractivity contribution in [2.24, 2.45) is 5.41 Å². The summed E-state index contributed by atoms with van der Waals surface area (Å²) < 4.78 is 6.21. The van der Waals surface area contributed by atoms with Gasteiger partial charge in [0.2, 0.25) is 23.3 Å². The van der Waals surface area contributed by atoms with Crippen LogP contribution >= 0.6 is 0 Å². The van der Waals surface area contributed by atoms with Crippen LogP contribution < -0.4 is 10.2 Å². The fraction of sp³-hybridized carbons (Fsp3) is 0.571. The molecule has 27 heavy (non-hydrogen) atoms. The minimum atomic E-state index is -1.29. The Balaban J connectivity index is 2.05. The molecule has 1 unspecified atom stereocenters. The number of nitrogens with zero attached hydrogens (tertiary/aromatic N) is 1. The molecule has 2 aliphatic rings. The van der Waals surface area contributed by atoms with Gasteiger partial charge in [-0.15, -0.1) is 0 Å². The van der Waals surface area contributed by atoms with E-state index in [1.165, 1.54) is 6.92 Å². The van der Waals surface area contributed by atoms with E-state index in [1.807, 2.05) is 25.1 Å². The highest BCUT2D eigenvalue weighted by Gasteiger charge is 2.67. The lowest BCUT2D eigenvalue weighted by atomic mass is 9.64. The third-order valence-electron chi connectivity index (χ3n) is 6.03. The average molecular weight is 372 g/mol. The average Bonchev–Trinajstić information content (AvgIpc) is 2.92. The van der Waals surface area contributed by atoms with Gasteiger partial charge in [-0.2, -0.15) is 0 Å². The van der Waals surface area contributed by atoms with Gasteiger partial charge in [0.25, 0.3) is 0 Å². The summed E-state index contributed by atoms with van der Waals surface area (Å²) in [5.41, 5.74) is -0.557. The van der Waals surface area contributed by atoms with Gasteiger partial charge in [-0.05, 0) is 44.7 Å². The number of rotatable bonds is 7. The van der Waals surface area contributed by atoms with Crippen molar-refractivity contribution >= 4 is 23.3 Å². The van der Waals surface area contributed by atoms with Crippen LogP contribution in [0.15, 0.2) is 24.3 Å². The molecule has 6 nitrogen and oxygen atoms in total. The molecule has 1 saturated heterocycles. The van der Waals surface area contributed by atoms with Crippen LogP contribution in [-0.4, -0.2) is 36.5 Å². The zero-order chi connectivity index (χ0) is 19.7. The van der Waals surface area contributed by atoms with E-state index in [4.69, 9.17) is 4.74 Å². The summed E-state index contributed by atoms with van der Waals surface area (Å²) in [6.07, 6.45) is 3.15. The van der Waals surface area contributed by atoms with Gasteiger partial charge >= 0.3 is 0 Å². The molecule has 1 fully saturated rings. The normalized spacial score (nSPS) is 26.7. The first-order chi connectivity index (χ1) is 12.9. The standard InChI is InChI=1S/C21H28N2O4/c1-4-20(12-8-14-22-15(3)24)13-11-18(25)23-17-10-7-6-9-16(17)19(26)21(20,23)27-5-2/h6-7,9-10H,4-5,8,11-14H2,1-3H3,(H,22,24)/t20-,21?/m1/s1. The number of Topliss-reactive ketones (excluding diaryl/α,β-unsaturated/α-hetero) is 1. The van der Waals surface area contributed by atoms with Gasteiger partial charge in [0.15, 0.2) is 0 Å². The molecule has 146 valence electrons. The maximum atomic E-state index is 13.6. The number of hydrogen-bond acceptors (Lipinski definition) is 4. The highest BCUT2D eigenvalue weighted by atomic mass is 16.5. The zero-order valence-corrected chi connectivity index (χ0v) is 16.3. The fourth-order valence-corrected chi connectivity index (χ4v) is 4.80. The Labute approximate surface area is 160 Å². The molecular weight excluding hydrogens is 344 g/mol. The maximum absolute atomic E-state index is 13.6. The van der Waals surface area contributed by atoms with Crippen molar-refractivity contribution in [1.29, 1.82) is 0 Å². The van der Waals surface area contributed by atoms with Gasteiger partial charge < -0.3 is 10.1 Å². The van der Waals surface area contributed by atoms with Crippen LogP contribution in [0.1, 0.15) is 63.2 Å². The molecule has 1 N–H and O–H groups in total. The van der Waals surface area contributed by atoms with E-state index in [9.17, 15) is 14.4 Å². The largest absolute Gasteiger partial charge is 0.356 e. The van der Waals surface area contributed by atoms with E-state index in [1.54, 1.807) is 11.0 Å². The Morgan fingerprint density at radius 2 is 2.00 bits per heavy atom. The number of nitrogens with one attached hydrogen (secondary N) is 1. The number of ether oxygens (including phenoxy) is 1. The van der Waals surface area contributed by atoms with Gasteiger partial charge in [0.05, 0.1) is 5.69 Å². The minimum absolute atomic E-state index is 0.0623. The number of anilines is 1. The minimum Gasteiger partial charge on any atom is -0.356 e. The Morgan fingerprint density at radius 3 is 2.67 bits per heavy atom. The number of ketones is 1. The van der Waals surface area contributed by atoms with Crippen LogP contribution in [0.2, 0.25) is 0 Å². The fourth-order valence-electron chi connectivity index (χ4n) is 4.80. The highest BCUT2D eigenvalue weighted by Crippen LogP contribution is 2.57. The van der Waals surface area contributed by atoms with Crippen molar-refractivity contribution in [3.8, 4) is 0 Å². The van der Waals surface area contributed by atoms with Crippen LogP contribution in [-0.2, 0) is 14.3 Å². The monoisotopic (exact) mass is 372 g/mol. The Kier molecular flexibility index (Phi) is 5.38. The molecule has 0 aromatic heterocycles. The number of carbonyl (C=O) groups excluding carboxylic acids is 3. The van der Waals surface area contributed by atoms with E-state index in [2.05, 4.69) is 12.2 Å². The first kappa shape index (κ1) is 19.5. The van der Waals surface area contributed by atoms with Gasteiger partial charge in [0, 0.05) is 37.5 Å². The van der Waals surface area contributed by atoms with E-state index < -0.39 is 11.1 Å². The lowest BCUT2D eigenvalue weighted by molar-refractivity contribution is -0.149. The summed E-state index contributed by atoms with van der Waals surface area (Å²) in [5.74, 6) is -0.244. The predicted octanol–water partition coefficient (Wildman–Crippen LogP) is 3.06. The topological polar surface area (TPSA) is 75.7 Å². The Bertz CT molecular complexity index is 762. The van der Waals surface area contributed by atoms with Gasteiger partial charge in [0.1, 0.15) is 0 Å². The first-order valence-corrected chi connectivity index (χ1v) is 9.79. The van der Waals surface area contributed by atoms with Crippen molar-refractivity contribution < 1.29 is 19.1 Å². The second kappa shape index (κ2) is 7.43. The lowest BCUT2D eigenvalue weighted by Crippen LogP contribution is -2.68. The van der Waals surface area contributed by atoms with E-state index in [0.717, 1.165) is 12.8 Å². The number of carbonyl (C=O) groups is 3. The van der Waals surface area contributed by atoms with E-state index in [-0.39, 0.29) is 17.6 Å². The third kappa shape index (κ3) is 2.87. The summed E-state index contributed by atoms with van der Waals surface area (Å²) in [5, 5.41) is 2.82. The van der Waals surface area contributed by atoms with Crippen molar-refractivity contribution in [2.75, 3.05) is 18.1 Å². The quantitative estimate of drug-likeness (QED) is 0.747. The van der Waals surface area contributed by atoms with Crippen LogP contribution in [0.25, 0.3) is 0 Å². The Hall–Kier alpha value is -2.21. The van der Waals surface area contributed by atoms with E-state index >= 15 is 0 Å². The summed E-state index contributed by atoms with van der Waals surface area (Å²) in [6, 6.07) is 7.28. The number of hydrogen-bond donors (Lipinski definition) is 1. The van der Waals surface area contributed by atoms with Gasteiger partial charge in [-0.25, -0.2) is 0 Å². The molecule has 3 rings (SSSR count). The number of piperidine rings is 1. The lowest BCUT2D eigenvalue weighted by Gasteiger charge is -2.54. The predicted molar refractivity (Wildman–Crippen MR) is 102 cm³/mol. The van der Waals surface area contributed by atoms with E-state index in [0.29, 0.717) is 43.7 Å². The molecule has 2 aliphatic heterocycles. The van der Waals surface area contributed by atoms with Crippen LogP contribution in [0, 0.1) is 5.41 Å². The molecule has 2 atom stereocenters. The number of fused-ring (bicyclic) bond motifs is 3. The molecule has 1 aromatic rings. The second-order valence-corrected chi connectivity index (χ2v) is 7.37. The molecule has 0 aliphatic carbocycles. The molecule has 0 bridgehead atoms. The molecule has 0 radical (unpaired) electrons. The number of amides is 2. The van der Waals surface area contributed by atoms with Crippen molar-refractivity contribution in [3.05, 3.63) is 29.8 Å². The van der Waals surface area contributed by atoms with Crippen LogP contribution in [0.3, 0.4) is 0 Å². The molecule has 0 spiro atoms. The van der Waals surface area contributed by atoms with Crippen LogP contribution in [0.4, 0.5) is 5.69 Å². The van der Waals surface area contributed by atoms with Crippen molar-refractivity contribution in [3.63, 3.8) is 0 Å². The zero-order valence-electron chi connectivity index (χ0n) is 16.3.